The number of hydrogen-bond acceptors (Lipinski definition) is 4. The lowest BCUT2D eigenvalue weighted by molar-refractivity contribution is 0.0771. The molecule has 0 saturated carbocycles. The largest absolute Gasteiger partial charge is 0.493 e. The highest BCUT2D eigenvalue weighted by Crippen LogP contribution is 2.30. The molecule has 6 nitrogen and oxygen atoms in total. The van der Waals surface area contributed by atoms with Gasteiger partial charge >= 0.3 is 0 Å². The van der Waals surface area contributed by atoms with Crippen LogP contribution in [0, 0.1) is 6.92 Å². The van der Waals surface area contributed by atoms with E-state index in [-0.39, 0.29) is 16.9 Å². The number of hydrogen-bond donors (Lipinski definition) is 1. The Morgan fingerprint density at radius 3 is 2.83 bits per heavy atom. The number of ether oxygens (including phenoxy) is 1. The number of pyridine rings is 2. The Morgan fingerprint density at radius 2 is 2.07 bits per heavy atom. The van der Waals surface area contributed by atoms with Crippen LogP contribution in [-0.4, -0.2) is 40.5 Å². The lowest BCUT2D eigenvalue weighted by Crippen LogP contribution is -2.37. The van der Waals surface area contributed by atoms with E-state index in [1.54, 1.807) is 17.0 Å². The van der Waals surface area contributed by atoms with E-state index in [0.29, 0.717) is 37.2 Å². The van der Waals surface area contributed by atoms with Gasteiger partial charge in [0.1, 0.15) is 17.0 Å². The Bertz CT molecular complexity index is 1160. The van der Waals surface area contributed by atoms with Crippen LogP contribution in [0.15, 0.2) is 53.5 Å². The van der Waals surface area contributed by atoms with Crippen molar-refractivity contribution in [1.82, 2.24) is 14.9 Å². The summed E-state index contributed by atoms with van der Waals surface area (Å²) in [6, 6.07) is 11.4. The fraction of sp³-hybridized carbons (Fsp3) is 0.261. The minimum Gasteiger partial charge on any atom is -0.493 e. The predicted molar refractivity (Wildman–Crippen MR) is 113 cm³/mol. The fourth-order valence-electron chi connectivity index (χ4n) is 3.64. The van der Waals surface area contributed by atoms with E-state index in [4.69, 9.17) is 4.74 Å². The summed E-state index contributed by atoms with van der Waals surface area (Å²) in [5.74, 6) is 0.594. The molecule has 0 atom stereocenters. The molecule has 1 aliphatic heterocycles. The molecule has 3 heterocycles. The van der Waals surface area contributed by atoms with Gasteiger partial charge < -0.3 is 14.6 Å². The third-order valence-corrected chi connectivity index (χ3v) is 5.14. The van der Waals surface area contributed by atoms with Crippen LogP contribution in [0.5, 0.6) is 5.75 Å². The van der Waals surface area contributed by atoms with Crippen molar-refractivity contribution < 1.29 is 9.53 Å². The van der Waals surface area contributed by atoms with Crippen LogP contribution in [0.25, 0.3) is 16.6 Å². The molecule has 6 heteroatoms. The van der Waals surface area contributed by atoms with Gasteiger partial charge in [-0.2, -0.15) is 0 Å². The smallest absolute Gasteiger partial charge is 0.259 e. The van der Waals surface area contributed by atoms with E-state index in [1.807, 2.05) is 44.2 Å². The molecular weight excluding hydrogens is 366 g/mol. The maximum Gasteiger partial charge on any atom is 0.259 e. The number of aromatic nitrogens is 2. The molecule has 0 aliphatic carbocycles. The van der Waals surface area contributed by atoms with Gasteiger partial charge in [-0.05, 0) is 44.0 Å². The number of aromatic amines is 1. The van der Waals surface area contributed by atoms with Crippen molar-refractivity contribution in [2.45, 2.75) is 20.3 Å². The summed E-state index contributed by atoms with van der Waals surface area (Å²) in [6.45, 7) is 5.43. The van der Waals surface area contributed by atoms with Gasteiger partial charge in [-0.1, -0.05) is 24.3 Å². The van der Waals surface area contributed by atoms with Crippen LogP contribution in [0.1, 0.15) is 35.0 Å². The average molecular weight is 389 g/mol. The van der Waals surface area contributed by atoms with E-state index in [2.05, 4.69) is 9.97 Å². The quantitative estimate of drug-likeness (QED) is 0.740. The van der Waals surface area contributed by atoms with E-state index in [1.165, 1.54) is 6.20 Å². The maximum atomic E-state index is 13.0. The highest BCUT2D eigenvalue weighted by molar-refractivity contribution is 5.97. The van der Waals surface area contributed by atoms with Crippen molar-refractivity contribution in [3.63, 3.8) is 0 Å². The van der Waals surface area contributed by atoms with Crippen LogP contribution < -0.4 is 10.2 Å². The van der Waals surface area contributed by atoms with Gasteiger partial charge in [-0.25, -0.2) is 4.98 Å². The van der Waals surface area contributed by atoms with Gasteiger partial charge in [-0.3, -0.25) is 9.59 Å². The topological polar surface area (TPSA) is 75.3 Å². The molecule has 0 unspecified atom stereocenters. The van der Waals surface area contributed by atoms with Crippen LogP contribution in [0.2, 0.25) is 0 Å². The van der Waals surface area contributed by atoms with E-state index in [9.17, 15) is 9.59 Å². The van der Waals surface area contributed by atoms with Crippen LogP contribution in [-0.2, 0) is 0 Å². The lowest BCUT2D eigenvalue weighted by atomic mass is 9.98. The number of H-pyrrole nitrogens is 1. The van der Waals surface area contributed by atoms with Crippen molar-refractivity contribution in [2.24, 2.45) is 0 Å². The van der Waals surface area contributed by atoms with E-state index >= 15 is 0 Å². The molecule has 0 fully saturated rings. The highest BCUT2D eigenvalue weighted by Gasteiger charge is 2.23. The second kappa shape index (κ2) is 7.91. The van der Waals surface area contributed by atoms with Crippen molar-refractivity contribution in [3.8, 4) is 5.75 Å². The first-order valence-electron chi connectivity index (χ1n) is 9.78. The van der Waals surface area contributed by atoms with Crippen LogP contribution in [0.3, 0.4) is 0 Å². The number of fused-ring (bicyclic) bond motifs is 1. The summed E-state index contributed by atoms with van der Waals surface area (Å²) in [5.41, 5.74) is 3.40. The summed E-state index contributed by atoms with van der Waals surface area (Å²) < 4.78 is 5.73. The highest BCUT2D eigenvalue weighted by atomic mass is 16.5. The number of benzene rings is 1. The lowest BCUT2D eigenvalue weighted by Gasteiger charge is -2.27. The maximum absolute atomic E-state index is 13.0. The van der Waals surface area contributed by atoms with Crippen molar-refractivity contribution in [1.29, 1.82) is 0 Å². The summed E-state index contributed by atoms with van der Waals surface area (Å²) in [7, 11) is 0. The molecule has 3 aromatic rings. The van der Waals surface area contributed by atoms with E-state index < -0.39 is 0 Å². The number of rotatable bonds is 4. The summed E-state index contributed by atoms with van der Waals surface area (Å²) in [4.78, 5) is 34.8. The normalized spacial score (nSPS) is 14.0. The number of carbonyl (C=O) groups is 1. The number of aryl methyl sites for hydroxylation is 1. The number of nitrogens with zero attached hydrogens (tertiary/aromatic N) is 2. The Kier molecular flexibility index (Phi) is 5.16. The van der Waals surface area contributed by atoms with Gasteiger partial charge in [0.15, 0.2) is 0 Å². The first kappa shape index (κ1) is 18.9. The molecule has 29 heavy (non-hydrogen) atoms. The zero-order valence-corrected chi connectivity index (χ0v) is 16.6. The number of amides is 1. The average Bonchev–Trinajstić information content (AvgIpc) is 2.74. The molecule has 1 aliphatic rings. The summed E-state index contributed by atoms with van der Waals surface area (Å²) >= 11 is 0. The Labute approximate surface area is 168 Å². The Morgan fingerprint density at radius 1 is 1.24 bits per heavy atom. The monoisotopic (exact) mass is 389 g/mol. The molecule has 0 bridgehead atoms. The Hall–Kier alpha value is -3.41. The molecular formula is C23H23N3O3. The zero-order valence-electron chi connectivity index (χ0n) is 16.6. The SMILES string of the molecule is CCOc1ccccc1C1=CCN(C(=O)c2c[nH]c3nc(C)ccc3c2=O)CC1. The third kappa shape index (κ3) is 3.66. The molecule has 0 radical (unpaired) electrons. The van der Waals surface area contributed by atoms with E-state index in [0.717, 1.165) is 22.6 Å². The minimum atomic E-state index is -0.285. The fourth-order valence-corrected chi connectivity index (χ4v) is 3.64. The van der Waals surface area contributed by atoms with Crippen molar-refractivity contribution >= 4 is 22.5 Å². The Balaban J connectivity index is 1.58. The van der Waals surface area contributed by atoms with Gasteiger partial charge in [0.25, 0.3) is 5.91 Å². The molecule has 0 spiro atoms. The van der Waals surface area contributed by atoms with Gasteiger partial charge in [-0.15, -0.1) is 0 Å². The van der Waals surface area contributed by atoms with Crippen molar-refractivity contribution in [3.05, 3.63) is 75.7 Å². The number of para-hydroxylation sites is 1. The molecule has 148 valence electrons. The zero-order chi connectivity index (χ0) is 20.4. The molecule has 4 rings (SSSR count). The summed E-state index contributed by atoms with van der Waals surface area (Å²) in [5, 5.41) is 0.431. The first-order chi connectivity index (χ1) is 14.1. The predicted octanol–water partition coefficient (Wildman–Crippen LogP) is 3.56. The summed E-state index contributed by atoms with van der Waals surface area (Å²) in [6.07, 6.45) is 4.23. The molecule has 1 amide bonds. The second-order valence-electron chi connectivity index (χ2n) is 7.04. The minimum absolute atomic E-state index is 0.148. The first-order valence-corrected chi connectivity index (χ1v) is 9.78. The van der Waals surface area contributed by atoms with Crippen LogP contribution >= 0.6 is 0 Å². The standard InChI is InChI=1S/C23H23N3O3/c1-3-29-20-7-5-4-6-17(20)16-10-12-26(13-11-16)23(28)19-14-24-22-18(21(19)27)9-8-15(2)25-22/h4-10,14H,3,11-13H2,1-2H3,(H,24,25,27). The molecule has 1 aromatic carbocycles. The number of nitrogens with one attached hydrogen (secondary N) is 1. The van der Waals surface area contributed by atoms with Gasteiger partial charge in [0, 0.05) is 30.5 Å². The molecule has 1 N–H and O–H groups in total. The molecule has 0 saturated heterocycles. The number of carbonyl (C=O) groups excluding carboxylic acids is 1. The third-order valence-electron chi connectivity index (χ3n) is 5.14. The van der Waals surface area contributed by atoms with Crippen molar-refractivity contribution in [2.75, 3.05) is 19.7 Å². The van der Waals surface area contributed by atoms with Gasteiger partial charge in [0.2, 0.25) is 5.43 Å². The van der Waals surface area contributed by atoms with Crippen LogP contribution in [0.4, 0.5) is 0 Å². The van der Waals surface area contributed by atoms with Gasteiger partial charge in [0.05, 0.1) is 12.0 Å². The molecule has 2 aromatic heterocycles. The second-order valence-corrected chi connectivity index (χ2v) is 7.04.